The Kier molecular flexibility index (Phi) is 3.04. The van der Waals surface area contributed by atoms with Crippen LogP contribution in [0.25, 0.3) is 0 Å². The molecule has 0 bridgehead atoms. The van der Waals surface area contributed by atoms with Crippen LogP contribution in [0, 0.1) is 17.2 Å². The Hall–Kier alpha value is -0.200. The summed E-state index contributed by atoms with van der Waals surface area (Å²) in [5, 5.41) is 18.8. The van der Waals surface area contributed by atoms with Gasteiger partial charge in [-0.05, 0) is 19.3 Å². The highest BCUT2D eigenvalue weighted by Gasteiger charge is 2.56. The van der Waals surface area contributed by atoms with Gasteiger partial charge >= 0.3 is 0 Å². The number of thioether (sulfide) groups is 1. The first kappa shape index (κ1) is 10.3. The fourth-order valence-corrected chi connectivity index (χ4v) is 4.09. The van der Waals surface area contributed by atoms with Crippen LogP contribution in [0.15, 0.2) is 0 Å². The highest BCUT2D eigenvalue weighted by Crippen LogP contribution is 2.56. The van der Waals surface area contributed by atoms with Gasteiger partial charge < -0.3 is 5.11 Å². The predicted molar refractivity (Wildman–Crippen MR) is 58.0 cm³/mol. The zero-order chi connectivity index (χ0) is 10.0. The third-order valence-electron chi connectivity index (χ3n) is 3.39. The van der Waals surface area contributed by atoms with Crippen molar-refractivity contribution >= 4 is 11.8 Å². The Morgan fingerprint density at radius 3 is 2.57 bits per heavy atom. The van der Waals surface area contributed by atoms with Crippen molar-refractivity contribution in [3.63, 3.8) is 0 Å². The number of hydrogen-bond donors (Lipinski definition) is 1. The van der Waals surface area contributed by atoms with Crippen LogP contribution in [0.4, 0.5) is 0 Å². The average molecular weight is 211 g/mol. The number of aliphatic hydroxyl groups is 1. The van der Waals surface area contributed by atoms with Crippen molar-refractivity contribution in [1.82, 2.24) is 0 Å². The minimum Gasteiger partial charge on any atom is -0.396 e. The molecule has 0 aromatic carbocycles. The summed E-state index contributed by atoms with van der Waals surface area (Å²) < 4.78 is -0.212. The van der Waals surface area contributed by atoms with Crippen LogP contribution >= 0.6 is 11.8 Å². The zero-order valence-electron chi connectivity index (χ0n) is 8.41. The van der Waals surface area contributed by atoms with Crippen LogP contribution in [0.5, 0.6) is 0 Å². The van der Waals surface area contributed by atoms with Crippen LogP contribution in [-0.4, -0.2) is 21.7 Å². The first-order valence-corrected chi connectivity index (χ1v) is 6.38. The molecule has 1 N–H and O–H groups in total. The fraction of sp³-hybridized carbons (Fsp3) is 0.909. The largest absolute Gasteiger partial charge is 0.396 e. The maximum absolute atomic E-state index is 9.11. The third-order valence-corrected chi connectivity index (χ3v) is 5.20. The second-order valence-electron chi connectivity index (χ2n) is 4.46. The van der Waals surface area contributed by atoms with E-state index in [-0.39, 0.29) is 17.3 Å². The van der Waals surface area contributed by atoms with Gasteiger partial charge in [0.1, 0.15) is 4.75 Å². The number of hydrogen-bond acceptors (Lipinski definition) is 3. The first-order chi connectivity index (χ1) is 6.80. The van der Waals surface area contributed by atoms with E-state index in [0.29, 0.717) is 5.25 Å². The highest BCUT2D eigenvalue weighted by molar-refractivity contribution is 8.01. The Morgan fingerprint density at radius 1 is 1.36 bits per heavy atom. The topological polar surface area (TPSA) is 44.0 Å². The first-order valence-electron chi connectivity index (χ1n) is 5.50. The van der Waals surface area contributed by atoms with Crippen molar-refractivity contribution in [2.75, 3.05) is 6.61 Å². The van der Waals surface area contributed by atoms with E-state index in [1.54, 1.807) is 0 Å². The van der Waals surface area contributed by atoms with Crippen LogP contribution in [0.1, 0.15) is 38.5 Å². The molecule has 0 aromatic heterocycles. The summed E-state index contributed by atoms with van der Waals surface area (Å²) >= 11 is 1.85. The number of aliphatic hydroxyl groups excluding tert-OH is 1. The molecule has 2 nitrogen and oxygen atoms in total. The maximum atomic E-state index is 9.11. The third kappa shape index (κ3) is 1.92. The lowest BCUT2D eigenvalue weighted by molar-refractivity contribution is 0.274. The molecule has 2 aliphatic rings. The van der Waals surface area contributed by atoms with Crippen molar-refractivity contribution in [2.45, 2.75) is 48.5 Å². The second-order valence-corrected chi connectivity index (χ2v) is 6.09. The second kappa shape index (κ2) is 4.12. The zero-order valence-corrected chi connectivity index (χ0v) is 9.22. The van der Waals surface area contributed by atoms with Crippen molar-refractivity contribution in [3.8, 4) is 6.07 Å². The lowest BCUT2D eigenvalue weighted by atomic mass is 10.0. The molecule has 0 aromatic rings. The molecular formula is C11H17NOS. The van der Waals surface area contributed by atoms with E-state index in [9.17, 15) is 0 Å². The number of nitrogens with zero attached hydrogens (tertiary/aromatic N) is 1. The van der Waals surface area contributed by atoms with Crippen molar-refractivity contribution in [1.29, 1.82) is 5.26 Å². The standard InChI is InChI=1S/C11H17NOS/c12-8-11(6-9(11)7-13)14-10-4-2-1-3-5-10/h9-10,13H,1-7H2. The summed E-state index contributed by atoms with van der Waals surface area (Å²) in [5.41, 5.74) is 0. The lowest BCUT2D eigenvalue weighted by Crippen LogP contribution is -2.16. The molecule has 0 aliphatic heterocycles. The predicted octanol–water partition coefficient (Wildman–Crippen LogP) is 2.33. The van der Waals surface area contributed by atoms with Gasteiger partial charge in [-0.25, -0.2) is 0 Å². The normalized spacial score (nSPS) is 37.9. The van der Waals surface area contributed by atoms with Crippen LogP contribution in [0.2, 0.25) is 0 Å². The molecule has 2 fully saturated rings. The SMILES string of the molecule is N#CC1(SC2CCCCC2)CC1CO. The molecule has 3 heteroatoms. The van der Waals surface area contributed by atoms with E-state index in [0.717, 1.165) is 6.42 Å². The van der Waals surface area contributed by atoms with Gasteiger partial charge in [-0.3, -0.25) is 0 Å². The Balaban J connectivity index is 1.87. The van der Waals surface area contributed by atoms with E-state index >= 15 is 0 Å². The molecule has 0 amide bonds. The molecule has 2 rings (SSSR count). The van der Waals surface area contributed by atoms with Gasteiger partial charge in [0.15, 0.2) is 0 Å². The van der Waals surface area contributed by atoms with Gasteiger partial charge in [-0.15, -0.1) is 11.8 Å². The molecular weight excluding hydrogens is 194 g/mol. The fourth-order valence-electron chi connectivity index (χ4n) is 2.31. The van der Waals surface area contributed by atoms with Gasteiger partial charge in [-0.2, -0.15) is 5.26 Å². The van der Waals surface area contributed by atoms with E-state index in [1.807, 2.05) is 11.8 Å². The molecule has 2 saturated carbocycles. The highest BCUT2D eigenvalue weighted by atomic mass is 32.2. The Bertz CT molecular complexity index is 244. The van der Waals surface area contributed by atoms with E-state index < -0.39 is 0 Å². The summed E-state index contributed by atoms with van der Waals surface area (Å²) in [6, 6.07) is 2.40. The molecule has 2 unspecified atom stereocenters. The monoisotopic (exact) mass is 211 g/mol. The van der Waals surface area contributed by atoms with Crippen molar-refractivity contribution in [3.05, 3.63) is 0 Å². The summed E-state index contributed by atoms with van der Waals surface area (Å²) in [6.07, 6.45) is 7.45. The summed E-state index contributed by atoms with van der Waals surface area (Å²) in [4.78, 5) is 0. The Labute approximate surface area is 89.7 Å². The molecule has 0 spiro atoms. The quantitative estimate of drug-likeness (QED) is 0.779. The summed E-state index contributed by atoms with van der Waals surface area (Å²) in [5.74, 6) is 0.249. The molecule has 0 saturated heterocycles. The summed E-state index contributed by atoms with van der Waals surface area (Å²) in [7, 11) is 0. The molecule has 2 atom stereocenters. The molecule has 2 aliphatic carbocycles. The molecule has 14 heavy (non-hydrogen) atoms. The summed E-state index contributed by atoms with van der Waals surface area (Å²) in [6.45, 7) is 0.188. The Morgan fingerprint density at radius 2 is 2.07 bits per heavy atom. The van der Waals surface area contributed by atoms with Crippen molar-refractivity contribution < 1.29 is 5.11 Å². The van der Waals surface area contributed by atoms with Gasteiger partial charge in [0.25, 0.3) is 0 Å². The number of nitriles is 1. The molecule has 0 heterocycles. The van der Waals surface area contributed by atoms with Gasteiger partial charge in [-0.1, -0.05) is 19.3 Å². The van der Waals surface area contributed by atoms with Crippen LogP contribution in [-0.2, 0) is 0 Å². The minimum absolute atomic E-state index is 0.188. The lowest BCUT2D eigenvalue weighted by Gasteiger charge is -2.23. The van der Waals surface area contributed by atoms with Gasteiger partial charge in [0.05, 0.1) is 6.07 Å². The van der Waals surface area contributed by atoms with E-state index in [2.05, 4.69) is 6.07 Å². The molecule has 78 valence electrons. The van der Waals surface area contributed by atoms with Gasteiger partial charge in [0, 0.05) is 17.8 Å². The van der Waals surface area contributed by atoms with E-state index in [1.165, 1.54) is 32.1 Å². The smallest absolute Gasteiger partial charge is 0.108 e. The van der Waals surface area contributed by atoms with Crippen molar-refractivity contribution in [2.24, 2.45) is 5.92 Å². The molecule has 0 radical (unpaired) electrons. The van der Waals surface area contributed by atoms with Gasteiger partial charge in [0.2, 0.25) is 0 Å². The van der Waals surface area contributed by atoms with E-state index in [4.69, 9.17) is 10.4 Å². The number of rotatable bonds is 3. The minimum atomic E-state index is -0.212. The average Bonchev–Trinajstić information content (AvgIpc) is 2.94. The van der Waals surface area contributed by atoms with Crippen LogP contribution in [0.3, 0.4) is 0 Å². The maximum Gasteiger partial charge on any atom is 0.108 e. The van der Waals surface area contributed by atoms with Crippen LogP contribution < -0.4 is 0 Å².